The minimum Gasteiger partial charge on any atom is -0.385 e. The van der Waals surface area contributed by atoms with Crippen LogP contribution in [0.4, 0.5) is 5.69 Å². The molecule has 1 aliphatic rings. The molecule has 0 amide bonds. The van der Waals surface area contributed by atoms with E-state index in [1.807, 2.05) is 0 Å². The highest BCUT2D eigenvalue weighted by molar-refractivity contribution is 5.63. The van der Waals surface area contributed by atoms with E-state index in [4.69, 9.17) is 0 Å². The highest BCUT2D eigenvalue weighted by atomic mass is 14.9. The number of fused-ring (bicyclic) bond motifs is 1. The Bertz CT molecular complexity index is 377. The van der Waals surface area contributed by atoms with Crippen LogP contribution in [-0.4, -0.2) is 6.54 Å². The third-order valence-electron chi connectivity index (χ3n) is 3.49. The Hall–Kier alpha value is -0.980. The van der Waals surface area contributed by atoms with Crippen molar-refractivity contribution in [2.75, 3.05) is 11.9 Å². The molecule has 0 bridgehead atoms. The summed E-state index contributed by atoms with van der Waals surface area (Å²) in [6.07, 6.45) is 2.51. The lowest BCUT2D eigenvalue weighted by molar-refractivity contribution is 0.766. The van der Waals surface area contributed by atoms with E-state index in [1.165, 1.54) is 29.7 Å². The van der Waals surface area contributed by atoms with Crippen LogP contribution in [0.1, 0.15) is 62.6 Å². The molecule has 16 heavy (non-hydrogen) atoms. The first kappa shape index (κ1) is 11.5. The van der Waals surface area contributed by atoms with Gasteiger partial charge in [0.05, 0.1) is 0 Å². The SMILES string of the molecule is CC(C)c1ccc2c(c1C(C)C)NCCC2. The summed E-state index contributed by atoms with van der Waals surface area (Å²) in [6, 6.07) is 4.66. The number of hydrogen-bond acceptors (Lipinski definition) is 1. The van der Waals surface area contributed by atoms with Crippen LogP contribution in [0.5, 0.6) is 0 Å². The van der Waals surface area contributed by atoms with E-state index in [1.54, 1.807) is 5.56 Å². The van der Waals surface area contributed by atoms with Crippen molar-refractivity contribution in [3.63, 3.8) is 0 Å². The molecule has 1 heterocycles. The molecule has 1 nitrogen and oxygen atoms in total. The first-order valence-corrected chi connectivity index (χ1v) is 6.50. The predicted molar refractivity (Wildman–Crippen MR) is 71.4 cm³/mol. The van der Waals surface area contributed by atoms with Crippen LogP contribution >= 0.6 is 0 Å². The lowest BCUT2D eigenvalue weighted by Gasteiger charge is -2.27. The molecule has 0 radical (unpaired) electrons. The highest BCUT2D eigenvalue weighted by Gasteiger charge is 2.19. The molecule has 1 N–H and O–H groups in total. The zero-order valence-electron chi connectivity index (χ0n) is 10.9. The van der Waals surface area contributed by atoms with E-state index in [0.29, 0.717) is 11.8 Å². The summed E-state index contributed by atoms with van der Waals surface area (Å²) in [6.45, 7) is 10.3. The highest BCUT2D eigenvalue weighted by Crippen LogP contribution is 2.36. The summed E-state index contributed by atoms with van der Waals surface area (Å²) in [7, 11) is 0. The van der Waals surface area contributed by atoms with Crippen LogP contribution in [0.2, 0.25) is 0 Å². The number of rotatable bonds is 2. The van der Waals surface area contributed by atoms with E-state index in [9.17, 15) is 0 Å². The van der Waals surface area contributed by atoms with Gasteiger partial charge >= 0.3 is 0 Å². The normalized spacial score (nSPS) is 15.1. The summed E-state index contributed by atoms with van der Waals surface area (Å²) >= 11 is 0. The fourth-order valence-corrected chi connectivity index (χ4v) is 2.72. The van der Waals surface area contributed by atoms with Crippen molar-refractivity contribution in [3.8, 4) is 0 Å². The minimum absolute atomic E-state index is 0.609. The average molecular weight is 217 g/mol. The molecule has 0 aromatic heterocycles. The maximum atomic E-state index is 3.61. The summed E-state index contributed by atoms with van der Waals surface area (Å²) in [4.78, 5) is 0. The molecule has 0 aliphatic carbocycles. The van der Waals surface area contributed by atoms with E-state index in [-0.39, 0.29) is 0 Å². The summed E-state index contributed by atoms with van der Waals surface area (Å²) in [5.41, 5.74) is 6.02. The average Bonchev–Trinajstić information content (AvgIpc) is 2.27. The molecule has 0 unspecified atom stereocenters. The Morgan fingerprint density at radius 3 is 2.44 bits per heavy atom. The molecule has 2 rings (SSSR count). The van der Waals surface area contributed by atoms with Gasteiger partial charge in [0.1, 0.15) is 0 Å². The van der Waals surface area contributed by atoms with Crippen LogP contribution in [0.15, 0.2) is 12.1 Å². The first-order valence-electron chi connectivity index (χ1n) is 6.50. The van der Waals surface area contributed by atoms with Crippen molar-refractivity contribution in [2.45, 2.75) is 52.4 Å². The number of aryl methyl sites for hydroxylation is 1. The number of hydrogen-bond donors (Lipinski definition) is 1. The predicted octanol–water partition coefficient (Wildman–Crippen LogP) is 4.29. The van der Waals surface area contributed by atoms with E-state index >= 15 is 0 Å². The van der Waals surface area contributed by atoms with Gasteiger partial charge in [0.2, 0.25) is 0 Å². The Morgan fingerprint density at radius 2 is 1.81 bits per heavy atom. The standard InChI is InChI=1S/C15H23N/c1-10(2)13-8-7-12-6-5-9-16-15(12)14(13)11(3)4/h7-8,10-11,16H,5-6,9H2,1-4H3. The first-order chi connectivity index (χ1) is 7.61. The molecular formula is C15H23N. The van der Waals surface area contributed by atoms with Crippen LogP contribution < -0.4 is 5.32 Å². The van der Waals surface area contributed by atoms with Crippen LogP contribution in [0.25, 0.3) is 0 Å². The lowest BCUT2D eigenvalue weighted by Crippen LogP contribution is -2.16. The van der Waals surface area contributed by atoms with E-state index in [0.717, 1.165) is 6.54 Å². The minimum atomic E-state index is 0.609. The molecule has 1 aromatic carbocycles. The Labute approximate surface area is 99.3 Å². The Morgan fingerprint density at radius 1 is 1.06 bits per heavy atom. The zero-order chi connectivity index (χ0) is 11.7. The van der Waals surface area contributed by atoms with Gasteiger partial charge in [0.15, 0.2) is 0 Å². The molecule has 1 heteroatoms. The largest absolute Gasteiger partial charge is 0.385 e. The second kappa shape index (κ2) is 4.48. The van der Waals surface area contributed by atoms with Crippen molar-refractivity contribution in [1.82, 2.24) is 0 Å². The van der Waals surface area contributed by atoms with Crippen LogP contribution in [0, 0.1) is 0 Å². The Balaban J connectivity index is 2.57. The second-order valence-corrected chi connectivity index (χ2v) is 5.44. The molecule has 88 valence electrons. The smallest absolute Gasteiger partial charge is 0.0410 e. The van der Waals surface area contributed by atoms with Crippen molar-refractivity contribution < 1.29 is 0 Å². The molecule has 0 spiro atoms. The Kier molecular flexibility index (Phi) is 3.22. The van der Waals surface area contributed by atoms with Crippen molar-refractivity contribution in [1.29, 1.82) is 0 Å². The van der Waals surface area contributed by atoms with Crippen molar-refractivity contribution in [3.05, 3.63) is 28.8 Å². The van der Waals surface area contributed by atoms with E-state index in [2.05, 4.69) is 45.1 Å². The molecular weight excluding hydrogens is 194 g/mol. The molecule has 1 aliphatic heterocycles. The fraction of sp³-hybridized carbons (Fsp3) is 0.600. The van der Waals surface area contributed by atoms with Crippen LogP contribution in [-0.2, 0) is 6.42 Å². The summed E-state index contributed by atoms with van der Waals surface area (Å²) < 4.78 is 0. The number of nitrogens with one attached hydrogen (secondary N) is 1. The number of anilines is 1. The number of benzene rings is 1. The van der Waals surface area contributed by atoms with Gasteiger partial charge in [0.25, 0.3) is 0 Å². The second-order valence-electron chi connectivity index (χ2n) is 5.44. The van der Waals surface area contributed by atoms with Gasteiger partial charge in [-0.25, -0.2) is 0 Å². The maximum Gasteiger partial charge on any atom is 0.0410 e. The molecule has 0 atom stereocenters. The van der Waals surface area contributed by atoms with Crippen LogP contribution in [0.3, 0.4) is 0 Å². The van der Waals surface area contributed by atoms with Crippen molar-refractivity contribution >= 4 is 5.69 Å². The van der Waals surface area contributed by atoms with Gasteiger partial charge in [0, 0.05) is 12.2 Å². The fourth-order valence-electron chi connectivity index (χ4n) is 2.72. The topological polar surface area (TPSA) is 12.0 Å². The molecule has 0 fully saturated rings. The molecule has 0 saturated carbocycles. The zero-order valence-corrected chi connectivity index (χ0v) is 10.9. The van der Waals surface area contributed by atoms with Gasteiger partial charge in [-0.2, -0.15) is 0 Å². The van der Waals surface area contributed by atoms with Gasteiger partial charge in [-0.05, 0) is 41.4 Å². The molecule has 1 aromatic rings. The van der Waals surface area contributed by atoms with Crippen molar-refractivity contribution in [2.24, 2.45) is 0 Å². The van der Waals surface area contributed by atoms with E-state index < -0.39 is 0 Å². The lowest BCUT2D eigenvalue weighted by atomic mass is 9.85. The summed E-state index contributed by atoms with van der Waals surface area (Å²) in [5, 5.41) is 3.61. The maximum absolute atomic E-state index is 3.61. The third kappa shape index (κ3) is 1.95. The third-order valence-corrected chi connectivity index (χ3v) is 3.49. The van der Waals surface area contributed by atoms with Gasteiger partial charge < -0.3 is 5.32 Å². The summed E-state index contributed by atoms with van der Waals surface area (Å²) in [5.74, 6) is 1.23. The van der Waals surface area contributed by atoms with Gasteiger partial charge in [-0.15, -0.1) is 0 Å². The quantitative estimate of drug-likeness (QED) is 0.779. The van der Waals surface area contributed by atoms with Gasteiger partial charge in [-0.1, -0.05) is 39.8 Å². The van der Waals surface area contributed by atoms with Gasteiger partial charge in [-0.3, -0.25) is 0 Å². The molecule has 0 saturated heterocycles. The monoisotopic (exact) mass is 217 g/mol.